The Balaban J connectivity index is 3.80. The second kappa shape index (κ2) is 4.68. The summed E-state index contributed by atoms with van der Waals surface area (Å²) in [4.78, 5) is 10.5. The van der Waals surface area contributed by atoms with Crippen LogP contribution in [0.25, 0.3) is 0 Å². The number of nitrogens with one attached hydrogen (secondary N) is 2. The van der Waals surface area contributed by atoms with Crippen LogP contribution < -0.4 is 10.0 Å². The molecule has 0 aliphatic carbocycles. The first-order valence-electron chi connectivity index (χ1n) is 2.75. The van der Waals surface area contributed by atoms with Gasteiger partial charge in [0.15, 0.2) is 0 Å². The normalized spacial score (nSPS) is 11.1. The van der Waals surface area contributed by atoms with Crippen molar-refractivity contribution in [1.82, 2.24) is 10.0 Å². The SMILES string of the molecule is CNC(=O)CNS(=O)(=O)CBr. The smallest absolute Gasteiger partial charge is 0.234 e. The van der Waals surface area contributed by atoms with Gasteiger partial charge in [-0.15, -0.1) is 0 Å². The number of sulfonamides is 1. The number of halogens is 1. The number of amides is 1. The van der Waals surface area contributed by atoms with E-state index in [4.69, 9.17) is 0 Å². The lowest BCUT2D eigenvalue weighted by Gasteiger charge is -2.01. The molecule has 0 bridgehead atoms. The van der Waals surface area contributed by atoms with E-state index in [1.165, 1.54) is 7.05 Å². The Labute approximate surface area is 73.7 Å². The molecule has 11 heavy (non-hydrogen) atoms. The Morgan fingerprint density at radius 3 is 2.45 bits per heavy atom. The summed E-state index contributed by atoms with van der Waals surface area (Å²) in [5, 5.41) is 2.28. The molecule has 0 aliphatic rings. The fourth-order valence-electron chi connectivity index (χ4n) is 0.302. The predicted molar refractivity (Wildman–Crippen MR) is 44.8 cm³/mol. The summed E-state index contributed by atoms with van der Waals surface area (Å²) >= 11 is 2.76. The van der Waals surface area contributed by atoms with Crippen molar-refractivity contribution in [1.29, 1.82) is 0 Å². The first-order chi connectivity index (χ1) is 5.02. The van der Waals surface area contributed by atoms with Crippen LogP contribution in [0.4, 0.5) is 0 Å². The average molecular weight is 245 g/mol. The van der Waals surface area contributed by atoms with Crippen LogP contribution in [0.3, 0.4) is 0 Å². The average Bonchev–Trinajstić information content (AvgIpc) is 2.00. The topological polar surface area (TPSA) is 75.3 Å². The fourth-order valence-corrected chi connectivity index (χ4v) is 1.22. The lowest BCUT2D eigenvalue weighted by Crippen LogP contribution is -2.35. The Hall–Kier alpha value is -0.140. The van der Waals surface area contributed by atoms with Crippen LogP contribution in [0.1, 0.15) is 0 Å². The minimum absolute atomic E-state index is 0.197. The van der Waals surface area contributed by atoms with Crippen molar-refractivity contribution in [3.05, 3.63) is 0 Å². The molecule has 0 saturated carbocycles. The molecule has 0 saturated heterocycles. The highest BCUT2D eigenvalue weighted by Crippen LogP contribution is 1.88. The van der Waals surface area contributed by atoms with E-state index in [1.807, 2.05) is 0 Å². The summed E-state index contributed by atoms with van der Waals surface area (Å²) in [7, 11) is -1.88. The molecule has 0 unspecified atom stereocenters. The van der Waals surface area contributed by atoms with Crippen molar-refractivity contribution in [2.75, 3.05) is 18.3 Å². The number of likely N-dealkylation sites (N-methyl/N-ethyl adjacent to an activating group) is 1. The van der Waals surface area contributed by atoms with Crippen LogP contribution in [-0.2, 0) is 14.8 Å². The highest BCUT2D eigenvalue weighted by atomic mass is 79.9. The van der Waals surface area contributed by atoms with Gasteiger partial charge in [-0.05, 0) is 0 Å². The number of hydrogen-bond acceptors (Lipinski definition) is 3. The zero-order valence-electron chi connectivity index (χ0n) is 5.93. The second-order valence-electron chi connectivity index (χ2n) is 1.72. The molecule has 0 heterocycles. The minimum atomic E-state index is -3.32. The largest absolute Gasteiger partial charge is 0.358 e. The summed E-state index contributed by atoms with van der Waals surface area (Å²) < 4.78 is 23.2. The van der Waals surface area contributed by atoms with Gasteiger partial charge in [0, 0.05) is 7.05 Å². The third-order valence-electron chi connectivity index (χ3n) is 0.875. The molecule has 2 N–H and O–H groups in total. The van der Waals surface area contributed by atoms with Crippen molar-refractivity contribution in [3.8, 4) is 0 Å². The van der Waals surface area contributed by atoms with Crippen molar-refractivity contribution < 1.29 is 13.2 Å². The molecular weight excluding hydrogens is 236 g/mol. The van der Waals surface area contributed by atoms with Gasteiger partial charge in [-0.1, -0.05) is 15.9 Å². The molecule has 0 aromatic rings. The number of carbonyl (C=O) groups excluding carboxylic acids is 1. The van der Waals surface area contributed by atoms with Crippen molar-refractivity contribution in [2.24, 2.45) is 0 Å². The standard InChI is InChI=1S/C4H9BrN2O3S/c1-6-4(8)2-7-11(9,10)3-5/h7H,2-3H2,1H3,(H,6,8). The van der Waals surface area contributed by atoms with Gasteiger partial charge in [0.05, 0.1) is 6.54 Å². The second-order valence-corrected chi connectivity index (χ2v) is 4.83. The van der Waals surface area contributed by atoms with Gasteiger partial charge in [-0.3, -0.25) is 4.79 Å². The van der Waals surface area contributed by atoms with E-state index in [-0.39, 0.29) is 17.1 Å². The Kier molecular flexibility index (Phi) is 4.62. The number of carbonyl (C=O) groups is 1. The van der Waals surface area contributed by atoms with Crippen LogP contribution in [0, 0.1) is 0 Å². The maximum absolute atomic E-state index is 10.7. The van der Waals surface area contributed by atoms with E-state index in [2.05, 4.69) is 26.0 Å². The summed E-state index contributed by atoms with van der Waals surface area (Å²) in [5.41, 5.74) is 0. The van der Waals surface area contributed by atoms with Gasteiger partial charge in [0.1, 0.15) is 4.66 Å². The third kappa shape index (κ3) is 5.16. The fraction of sp³-hybridized carbons (Fsp3) is 0.750. The minimum Gasteiger partial charge on any atom is -0.358 e. The monoisotopic (exact) mass is 244 g/mol. The van der Waals surface area contributed by atoms with Gasteiger partial charge in [0.2, 0.25) is 15.9 Å². The van der Waals surface area contributed by atoms with E-state index in [1.54, 1.807) is 0 Å². The molecule has 7 heteroatoms. The van der Waals surface area contributed by atoms with E-state index in [0.29, 0.717) is 0 Å². The Morgan fingerprint density at radius 2 is 2.09 bits per heavy atom. The van der Waals surface area contributed by atoms with E-state index >= 15 is 0 Å². The molecule has 0 atom stereocenters. The van der Waals surface area contributed by atoms with Gasteiger partial charge >= 0.3 is 0 Å². The lowest BCUT2D eigenvalue weighted by molar-refractivity contribution is -0.119. The van der Waals surface area contributed by atoms with E-state index in [9.17, 15) is 13.2 Å². The number of alkyl halides is 1. The Morgan fingerprint density at radius 1 is 1.55 bits per heavy atom. The van der Waals surface area contributed by atoms with Gasteiger partial charge < -0.3 is 5.32 Å². The van der Waals surface area contributed by atoms with Gasteiger partial charge in [0.25, 0.3) is 0 Å². The summed E-state index contributed by atoms with van der Waals surface area (Å²) in [6.07, 6.45) is 0. The molecule has 0 spiro atoms. The molecule has 0 aromatic carbocycles. The summed E-state index contributed by atoms with van der Waals surface area (Å²) in [6.45, 7) is -0.218. The maximum atomic E-state index is 10.7. The van der Waals surface area contributed by atoms with Crippen LogP contribution >= 0.6 is 15.9 Å². The molecule has 0 radical (unpaired) electrons. The lowest BCUT2D eigenvalue weighted by atomic mass is 10.6. The van der Waals surface area contributed by atoms with Crippen LogP contribution in [-0.4, -0.2) is 32.6 Å². The quantitative estimate of drug-likeness (QED) is 0.624. The van der Waals surface area contributed by atoms with Gasteiger partial charge in [-0.2, -0.15) is 0 Å². The molecule has 0 rings (SSSR count). The van der Waals surface area contributed by atoms with Crippen molar-refractivity contribution in [3.63, 3.8) is 0 Å². The highest BCUT2D eigenvalue weighted by molar-refractivity contribution is 9.10. The summed E-state index contributed by atoms with van der Waals surface area (Å²) in [5.74, 6) is -0.366. The molecular formula is C4H9BrN2O3S. The number of hydrogen-bond donors (Lipinski definition) is 2. The van der Waals surface area contributed by atoms with Crippen molar-refractivity contribution >= 4 is 31.9 Å². The third-order valence-corrected chi connectivity index (χ3v) is 3.55. The molecule has 66 valence electrons. The molecule has 1 amide bonds. The predicted octanol–water partition coefficient (Wildman–Crippen LogP) is -0.996. The zero-order valence-corrected chi connectivity index (χ0v) is 8.33. The molecule has 0 aromatic heterocycles. The molecule has 0 aliphatic heterocycles. The zero-order chi connectivity index (χ0) is 8.91. The molecule has 5 nitrogen and oxygen atoms in total. The molecule has 0 fully saturated rings. The van der Waals surface area contributed by atoms with Gasteiger partial charge in [-0.25, -0.2) is 13.1 Å². The Bertz CT molecular complexity index is 225. The van der Waals surface area contributed by atoms with E-state index in [0.717, 1.165) is 0 Å². The summed E-state index contributed by atoms with van der Waals surface area (Å²) in [6, 6.07) is 0. The first-order valence-corrected chi connectivity index (χ1v) is 5.53. The number of rotatable bonds is 4. The first kappa shape index (κ1) is 10.9. The van der Waals surface area contributed by atoms with Crippen LogP contribution in [0.2, 0.25) is 0 Å². The van der Waals surface area contributed by atoms with E-state index < -0.39 is 10.0 Å². The maximum Gasteiger partial charge on any atom is 0.234 e. The van der Waals surface area contributed by atoms with Crippen LogP contribution in [0.5, 0.6) is 0 Å². The van der Waals surface area contributed by atoms with Crippen molar-refractivity contribution in [2.45, 2.75) is 0 Å². The highest BCUT2D eigenvalue weighted by Gasteiger charge is 2.08. The van der Waals surface area contributed by atoms with Crippen LogP contribution in [0.15, 0.2) is 0 Å².